The van der Waals surface area contributed by atoms with E-state index in [0.717, 1.165) is 24.2 Å². The zero-order chi connectivity index (χ0) is 14.5. The lowest BCUT2D eigenvalue weighted by Crippen LogP contribution is -2.15. The van der Waals surface area contributed by atoms with Crippen LogP contribution in [0.15, 0.2) is 17.5 Å². The van der Waals surface area contributed by atoms with Crippen LogP contribution in [0.1, 0.15) is 35.1 Å². The molecule has 20 heavy (non-hydrogen) atoms. The number of nitrogens with zero attached hydrogens (tertiary/aromatic N) is 2. The Hall–Kier alpha value is -1.99. The number of rotatable bonds is 5. The van der Waals surface area contributed by atoms with Crippen molar-refractivity contribution in [3.8, 4) is 0 Å². The van der Waals surface area contributed by atoms with Crippen LogP contribution >= 0.6 is 11.3 Å². The third-order valence-electron chi connectivity index (χ3n) is 2.63. The number of anilines is 2. The van der Waals surface area contributed by atoms with E-state index >= 15 is 0 Å². The van der Waals surface area contributed by atoms with Crippen molar-refractivity contribution >= 4 is 28.2 Å². The number of amides is 1. The third kappa shape index (κ3) is 3.52. The topological polar surface area (TPSA) is 92.9 Å². The summed E-state index contributed by atoms with van der Waals surface area (Å²) in [6, 6.07) is 3.40. The van der Waals surface area contributed by atoms with Crippen molar-refractivity contribution in [2.45, 2.75) is 26.7 Å². The zero-order valence-electron chi connectivity index (χ0n) is 11.4. The Morgan fingerprint density at radius 1 is 1.40 bits per heavy atom. The van der Waals surface area contributed by atoms with Crippen molar-refractivity contribution in [3.63, 3.8) is 0 Å². The predicted octanol–water partition coefficient (Wildman–Crippen LogP) is 2.34. The van der Waals surface area contributed by atoms with Crippen LogP contribution in [-0.2, 0) is 6.42 Å². The van der Waals surface area contributed by atoms with Gasteiger partial charge in [-0.05, 0) is 25.5 Å². The predicted molar refractivity (Wildman–Crippen MR) is 80.8 cm³/mol. The summed E-state index contributed by atoms with van der Waals surface area (Å²) in [5.74, 6) is 5.66. The number of aromatic nitrogens is 2. The van der Waals surface area contributed by atoms with Crippen molar-refractivity contribution in [2.75, 3.05) is 10.7 Å². The van der Waals surface area contributed by atoms with Crippen molar-refractivity contribution in [1.29, 1.82) is 0 Å². The van der Waals surface area contributed by atoms with Gasteiger partial charge in [-0.1, -0.05) is 13.3 Å². The molecule has 6 nitrogen and oxygen atoms in total. The van der Waals surface area contributed by atoms with Gasteiger partial charge >= 0.3 is 0 Å². The second-order valence-corrected chi connectivity index (χ2v) is 5.23. The highest BCUT2D eigenvalue weighted by Crippen LogP contribution is 2.17. The number of nitrogens with one attached hydrogen (secondary N) is 2. The fourth-order valence-corrected chi connectivity index (χ4v) is 2.44. The van der Waals surface area contributed by atoms with E-state index < -0.39 is 0 Å². The summed E-state index contributed by atoms with van der Waals surface area (Å²) < 4.78 is 0. The van der Waals surface area contributed by atoms with Gasteiger partial charge in [-0.3, -0.25) is 10.1 Å². The Bertz CT molecular complexity index is 611. The van der Waals surface area contributed by atoms with E-state index in [1.54, 1.807) is 12.1 Å². The summed E-state index contributed by atoms with van der Waals surface area (Å²) in [7, 11) is 0. The van der Waals surface area contributed by atoms with Gasteiger partial charge in [0.1, 0.15) is 5.82 Å². The lowest BCUT2D eigenvalue weighted by Gasteiger charge is -2.07. The minimum atomic E-state index is -0.212. The van der Waals surface area contributed by atoms with Gasteiger partial charge in [0.2, 0.25) is 0 Å². The van der Waals surface area contributed by atoms with Gasteiger partial charge < -0.3 is 5.43 Å². The lowest BCUT2D eigenvalue weighted by molar-refractivity contribution is 0.102. The Morgan fingerprint density at radius 3 is 2.80 bits per heavy atom. The molecule has 2 aromatic rings. The Balaban J connectivity index is 2.21. The summed E-state index contributed by atoms with van der Waals surface area (Å²) in [4.78, 5) is 20.7. The Morgan fingerprint density at radius 2 is 2.20 bits per heavy atom. The molecular formula is C13H17N5OS. The molecule has 2 rings (SSSR count). The number of carbonyl (C=O) groups excluding carboxylic acids is 1. The Labute approximate surface area is 121 Å². The number of nitrogen functional groups attached to an aromatic ring is 1. The van der Waals surface area contributed by atoms with Crippen LogP contribution in [0.2, 0.25) is 0 Å². The largest absolute Gasteiger partial charge is 0.308 e. The number of carbonyl (C=O) groups is 1. The average Bonchev–Trinajstić information content (AvgIpc) is 2.84. The minimum absolute atomic E-state index is 0.212. The van der Waals surface area contributed by atoms with E-state index in [-0.39, 0.29) is 5.91 Å². The maximum atomic E-state index is 12.2. The number of pyridine rings is 1. The summed E-state index contributed by atoms with van der Waals surface area (Å²) in [6.07, 6.45) is 1.75. The third-order valence-corrected chi connectivity index (χ3v) is 3.51. The molecule has 0 fully saturated rings. The monoisotopic (exact) mass is 291 g/mol. The van der Waals surface area contributed by atoms with Gasteiger partial charge in [-0.15, -0.1) is 11.3 Å². The molecule has 0 aliphatic rings. The van der Waals surface area contributed by atoms with E-state index in [0.29, 0.717) is 16.5 Å². The maximum Gasteiger partial charge on any atom is 0.257 e. The van der Waals surface area contributed by atoms with Crippen LogP contribution in [0.4, 0.5) is 10.9 Å². The number of thiazole rings is 1. The van der Waals surface area contributed by atoms with Gasteiger partial charge in [-0.25, -0.2) is 15.8 Å². The highest BCUT2D eigenvalue weighted by Gasteiger charge is 2.11. The van der Waals surface area contributed by atoms with Crippen molar-refractivity contribution in [2.24, 2.45) is 5.84 Å². The number of aryl methyl sites for hydroxylation is 2. The van der Waals surface area contributed by atoms with Crippen LogP contribution in [-0.4, -0.2) is 15.9 Å². The average molecular weight is 291 g/mol. The molecule has 0 aromatic carbocycles. The molecule has 0 bridgehead atoms. The van der Waals surface area contributed by atoms with E-state index in [1.165, 1.54) is 11.3 Å². The molecule has 0 radical (unpaired) electrons. The summed E-state index contributed by atoms with van der Waals surface area (Å²) in [5, 5.41) is 5.24. The fraction of sp³-hybridized carbons (Fsp3) is 0.308. The molecule has 0 unspecified atom stereocenters. The first kappa shape index (κ1) is 14.4. The molecular weight excluding hydrogens is 274 g/mol. The molecule has 0 atom stereocenters. The number of hydrazine groups is 1. The summed E-state index contributed by atoms with van der Waals surface area (Å²) in [5.41, 5.74) is 4.72. The molecule has 4 N–H and O–H groups in total. The van der Waals surface area contributed by atoms with Gasteiger partial charge in [-0.2, -0.15) is 0 Å². The smallest absolute Gasteiger partial charge is 0.257 e. The van der Waals surface area contributed by atoms with Crippen LogP contribution in [0.25, 0.3) is 0 Å². The molecule has 2 aromatic heterocycles. The highest BCUT2D eigenvalue weighted by atomic mass is 32.1. The zero-order valence-corrected chi connectivity index (χ0v) is 12.3. The van der Waals surface area contributed by atoms with E-state index in [9.17, 15) is 4.79 Å². The van der Waals surface area contributed by atoms with E-state index in [1.807, 2.05) is 12.3 Å². The molecule has 0 saturated heterocycles. The molecule has 0 saturated carbocycles. The van der Waals surface area contributed by atoms with Gasteiger partial charge in [0.25, 0.3) is 5.91 Å². The molecule has 7 heteroatoms. The first-order valence-electron chi connectivity index (χ1n) is 6.33. The van der Waals surface area contributed by atoms with Crippen LogP contribution in [0.3, 0.4) is 0 Å². The quantitative estimate of drug-likeness (QED) is 0.581. The number of hydrogen-bond acceptors (Lipinski definition) is 6. The SMILES string of the molecule is CCCc1cc(C(=O)Nc2nc(C)cs2)cc(NN)n1. The first-order chi connectivity index (χ1) is 9.62. The van der Waals surface area contributed by atoms with Gasteiger partial charge in [0, 0.05) is 16.6 Å². The van der Waals surface area contributed by atoms with Gasteiger partial charge in [0.15, 0.2) is 5.13 Å². The Kier molecular flexibility index (Phi) is 4.65. The van der Waals surface area contributed by atoms with Crippen LogP contribution in [0.5, 0.6) is 0 Å². The second-order valence-electron chi connectivity index (χ2n) is 4.37. The van der Waals surface area contributed by atoms with E-state index in [2.05, 4.69) is 27.6 Å². The minimum Gasteiger partial charge on any atom is -0.308 e. The summed E-state index contributed by atoms with van der Waals surface area (Å²) in [6.45, 7) is 3.94. The van der Waals surface area contributed by atoms with Crippen LogP contribution in [0, 0.1) is 6.92 Å². The molecule has 0 aliphatic carbocycles. The first-order valence-corrected chi connectivity index (χ1v) is 7.21. The van der Waals surface area contributed by atoms with Crippen molar-refractivity contribution in [1.82, 2.24) is 9.97 Å². The standard InChI is InChI=1S/C13H17N5OS/c1-3-4-10-5-9(6-11(16-10)18-14)12(19)17-13-15-8(2)7-20-13/h5-7H,3-4,14H2,1-2H3,(H,16,18)(H,15,17,19). The molecule has 0 aliphatic heterocycles. The number of nitrogens with two attached hydrogens (primary N) is 1. The van der Waals surface area contributed by atoms with E-state index in [4.69, 9.17) is 5.84 Å². The molecule has 2 heterocycles. The van der Waals surface area contributed by atoms with Crippen molar-refractivity contribution < 1.29 is 4.79 Å². The molecule has 1 amide bonds. The number of hydrogen-bond donors (Lipinski definition) is 3. The maximum absolute atomic E-state index is 12.2. The highest BCUT2D eigenvalue weighted by molar-refractivity contribution is 7.13. The summed E-state index contributed by atoms with van der Waals surface area (Å²) >= 11 is 1.40. The molecule has 0 spiro atoms. The van der Waals surface area contributed by atoms with Crippen LogP contribution < -0.4 is 16.6 Å². The normalized spacial score (nSPS) is 10.3. The second kappa shape index (κ2) is 6.44. The fourth-order valence-electron chi connectivity index (χ4n) is 1.76. The van der Waals surface area contributed by atoms with Gasteiger partial charge in [0.05, 0.1) is 5.69 Å². The lowest BCUT2D eigenvalue weighted by atomic mass is 10.1. The molecule has 106 valence electrons. The van der Waals surface area contributed by atoms with Crippen molar-refractivity contribution in [3.05, 3.63) is 34.5 Å².